The summed E-state index contributed by atoms with van der Waals surface area (Å²) in [7, 11) is 0. The van der Waals surface area contributed by atoms with Gasteiger partial charge in [0, 0.05) is 13.1 Å². The molecule has 0 unspecified atom stereocenters. The van der Waals surface area contributed by atoms with Crippen molar-refractivity contribution in [1.82, 2.24) is 4.90 Å². The minimum atomic E-state index is -0.899. The Labute approximate surface area is 202 Å². The predicted molar refractivity (Wildman–Crippen MR) is 131 cm³/mol. The van der Waals surface area contributed by atoms with E-state index in [9.17, 15) is 10.2 Å². The number of hydrogen-bond donors (Lipinski definition) is 2. The van der Waals surface area contributed by atoms with Crippen LogP contribution in [0.4, 0.5) is 0 Å². The summed E-state index contributed by atoms with van der Waals surface area (Å²) in [5, 5.41) is 22.3. The lowest BCUT2D eigenvalue weighted by molar-refractivity contribution is -0.0621. The van der Waals surface area contributed by atoms with Crippen molar-refractivity contribution in [3.8, 4) is 11.5 Å². The molecule has 1 aliphatic heterocycles. The molecule has 5 nitrogen and oxygen atoms in total. The van der Waals surface area contributed by atoms with Crippen molar-refractivity contribution in [2.75, 3.05) is 26.3 Å². The summed E-state index contributed by atoms with van der Waals surface area (Å²) in [6.07, 6.45) is 6.62. The highest BCUT2D eigenvalue weighted by atomic mass is 35.5. The standard InChI is InChI=1S/C27H36ClNO4/c1-21-6-11-24(28)25(16-21)33-20-27(31)14-5-15-29(18-27)17-22-7-9-23(10-8-22)32-19-26(30)12-3-2-4-13-26/h6-11,16,30-31H,2-5,12-15,17-20H2,1H3/t27-/m0/s1. The van der Waals surface area contributed by atoms with Gasteiger partial charge >= 0.3 is 0 Å². The minimum Gasteiger partial charge on any atom is -0.491 e. The molecule has 0 amide bonds. The van der Waals surface area contributed by atoms with Crippen LogP contribution in [0.25, 0.3) is 0 Å². The van der Waals surface area contributed by atoms with E-state index in [-0.39, 0.29) is 6.61 Å². The third-order valence-corrected chi connectivity index (χ3v) is 7.15. The molecule has 2 aliphatic rings. The summed E-state index contributed by atoms with van der Waals surface area (Å²) in [5.41, 5.74) is 0.668. The van der Waals surface area contributed by atoms with Gasteiger partial charge in [-0.3, -0.25) is 4.90 Å². The number of likely N-dealkylation sites (tertiary alicyclic amines) is 1. The van der Waals surface area contributed by atoms with Crippen LogP contribution in [0, 0.1) is 6.92 Å². The van der Waals surface area contributed by atoms with Gasteiger partial charge in [0.05, 0.1) is 10.6 Å². The van der Waals surface area contributed by atoms with Crippen molar-refractivity contribution in [2.24, 2.45) is 0 Å². The zero-order chi connectivity index (χ0) is 23.3. The fraction of sp³-hybridized carbons (Fsp3) is 0.556. The molecule has 0 spiro atoms. The van der Waals surface area contributed by atoms with Crippen molar-refractivity contribution in [3.63, 3.8) is 0 Å². The van der Waals surface area contributed by atoms with Crippen LogP contribution in [0.3, 0.4) is 0 Å². The van der Waals surface area contributed by atoms with Crippen LogP contribution < -0.4 is 9.47 Å². The second-order valence-corrected chi connectivity index (χ2v) is 10.4. The van der Waals surface area contributed by atoms with Crippen LogP contribution in [-0.2, 0) is 6.54 Å². The molecule has 6 heteroatoms. The van der Waals surface area contributed by atoms with E-state index in [1.807, 2.05) is 37.3 Å². The number of aryl methyl sites for hydroxylation is 1. The van der Waals surface area contributed by atoms with E-state index < -0.39 is 11.2 Å². The first-order chi connectivity index (χ1) is 15.8. The second kappa shape index (κ2) is 10.6. The molecule has 0 aromatic heterocycles. The van der Waals surface area contributed by atoms with Crippen molar-refractivity contribution in [1.29, 1.82) is 0 Å². The molecule has 0 radical (unpaired) electrons. The highest BCUT2D eigenvalue weighted by Crippen LogP contribution is 2.30. The number of nitrogens with zero attached hydrogens (tertiary/aromatic N) is 1. The molecule has 2 N–H and O–H groups in total. The van der Waals surface area contributed by atoms with Gasteiger partial charge in [-0.25, -0.2) is 0 Å². The van der Waals surface area contributed by atoms with E-state index in [1.165, 1.54) is 12.0 Å². The molecule has 1 aliphatic carbocycles. The van der Waals surface area contributed by atoms with Crippen LogP contribution >= 0.6 is 11.6 Å². The van der Waals surface area contributed by atoms with Crippen LogP contribution in [0.1, 0.15) is 56.1 Å². The smallest absolute Gasteiger partial charge is 0.138 e. The SMILES string of the molecule is Cc1ccc(Cl)c(OC[C@]2(O)CCCN(Cc3ccc(OCC4(O)CCCCC4)cc3)C2)c1. The number of piperidine rings is 1. The number of ether oxygens (including phenoxy) is 2. The Balaban J connectivity index is 1.28. The average Bonchev–Trinajstić information content (AvgIpc) is 2.80. The third-order valence-electron chi connectivity index (χ3n) is 6.84. The molecule has 0 bridgehead atoms. The van der Waals surface area contributed by atoms with Gasteiger partial charge < -0.3 is 19.7 Å². The molecular weight excluding hydrogens is 438 g/mol. The number of benzene rings is 2. The first kappa shape index (κ1) is 24.3. The van der Waals surface area contributed by atoms with Crippen LogP contribution in [-0.4, -0.2) is 52.6 Å². The van der Waals surface area contributed by atoms with E-state index in [4.69, 9.17) is 21.1 Å². The number of halogens is 1. The maximum absolute atomic E-state index is 11.1. The molecule has 1 saturated heterocycles. The Morgan fingerprint density at radius 2 is 1.58 bits per heavy atom. The Morgan fingerprint density at radius 3 is 2.33 bits per heavy atom. The Kier molecular flexibility index (Phi) is 7.85. The van der Waals surface area contributed by atoms with Crippen molar-refractivity contribution in [2.45, 2.75) is 69.6 Å². The van der Waals surface area contributed by atoms with Crippen molar-refractivity contribution in [3.05, 3.63) is 58.6 Å². The van der Waals surface area contributed by atoms with E-state index >= 15 is 0 Å². The lowest BCUT2D eigenvalue weighted by Crippen LogP contribution is -2.51. The Morgan fingerprint density at radius 1 is 0.879 bits per heavy atom. The fourth-order valence-corrected chi connectivity index (χ4v) is 5.09. The predicted octanol–water partition coefficient (Wildman–Crippen LogP) is 5.13. The largest absolute Gasteiger partial charge is 0.491 e. The third kappa shape index (κ3) is 6.86. The summed E-state index contributed by atoms with van der Waals surface area (Å²) in [4.78, 5) is 2.27. The topological polar surface area (TPSA) is 62.2 Å². The second-order valence-electron chi connectivity index (χ2n) is 9.98. The zero-order valence-electron chi connectivity index (χ0n) is 19.6. The number of rotatable bonds is 8. The van der Waals surface area contributed by atoms with Gasteiger partial charge in [0.2, 0.25) is 0 Å². The molecule has 33 heavy (non-hydrogen) atoms. The quantitative estimate of drug-likeness (QED) is 0.556. The molecule has 2 aromatic rings. The number of aliphatic hydroxyl groups is 2. The summed E-state index contributed by atoms with van der Waals surface area (Å²) in [6, 6.07) is 13.8. The molecule has 1 heterocycles. The lowest BCUT2D eigenvalue weighted by Gasteiger charge is -2.39. The van der Waals surface area contributed by atoms with Gasteiger partial charge in [-0.05, 0) is 74.5 Å². The Bertz CT molecular complexity index is 913. The number of β-amino-alcohol motifs (C(OH)–C–C–N with tert-alkyl or cyclic N) is 1. The Hall–Kier alpha value is -1.79. The first-order valence-electron chi connectivity index (χ1n) is 12.1. The maximum atomic E-state index is 11.1. The molecule has 1 atom stereocenters. The van der Waals surface area contributed by atoms with Gasteiger partial charge in [-0.1, -0.05) is 49.1 Å². The van der Waals surface area contributed by atoms with E-state index in [2.05, 4.69) is 17.0 Å². The van der Waals surface area contributed by atoms with Crippen molar-refractivity contribution >= 4 is 11.6 Å². The van der Waals surface area contributed by atoms with Crippen LogP contribution in [0.5, 0.6) is 11.5 Å². The molecular formula is C27H36ClNO4. The molecule has 1 saturated carbocycles. The molecule has 2 aromatic carbocycles. The van der Waals surface area contributed by atoms with E-state index in [0.29, 0.717) is 30.3 Å². The minimum absolute atomic E-state index is 0.225. The van der Waals surface area contributed by atoms with Gasteiger partial charge in [0.1, 0.15) is 30.3 Å². The average molecular weight is 474 g/mol. The maximum Gasteiger partial charge on any atom is 0.138 e. The lowest BCUT2D eigenvalue weighted by atomic mass is 9.85. The molecule has 4 rings (SSSR count). The van der Waals surface area contributed by atoms with E-state index in [0.717, 1.165) is 56.5 Å². The summed E-state index contributed by atoms with van der Waals surface area (Å²) in [5.74, 6) is 1.41. The highest BCUT2D eigenvalue weighted by Gasteiger charge is 2.34. The normalized spacial score (nSPS) is 23.3. The van der Waals surface area contributed by atoms with Crippen LogP contribution in [0.2, 0.25) is 5.02 Å². The molecule has 180 valence electrons. The monoisotopic (exact) mass is 473 g/mol. The highest BCUT2D eigenvalue weighted by molar-refractivity contribution is 6.32. The van der Waals surface area contributed by atoms with E-state index in [1.54, 1.807) is 0 Å². The van der Waals surface area contributed by atoms with Crippen LogP contribution in [0.15, 0.2) is 42.5 Å². The fourth-order valence-electron chi connectivity index (χ4n) is 4.91. The van der Waals surface area contributed by atoms with Crippen molar-refractivity contribution < 1.29 is 19.7 Å². The zero-order valence-corrected chi connectivity index (χ0v) is 20.3. The van der Waals surface area contributed by atoms with Gasteiger partial charge in [-0.15, -0.1) is 0 Å². The van der Waals surface area contributed by atoms with Gasteiger partial charge in [0.25, 0.3) is 0 Å². The first-order valence-corrected chi connectivity index (χ1v) is 12.5. The number of hydrogen-bond acceptors (Lipinski definition) is 5. The molecule has 2 fully saturated rings. The van der Waals surface area contributed by atoms with Gasteiger partial charge in [-0.2, -0.15) is 0 Å². The van der Waals surface area contributed by atoms with Gasteiger partial charge in [0.15, 0.2) is 0 Å². The summed E-state index contributed by atoms with van der Waals surface area (Å²) in [6.45, 7) is 4.84. The summed E-state index contributed by atoms with van der Waals surface area (Å²) >= 11 is 6.24. The summed E-state index contributed by atoms with van der Waals surface area (Å²) < 4.78 is 11.8.